The van der Waals surface area contributed by atoms with Crippen LogP contribution in [0.4, 0.5) is 0 Å². The SMILES string of the molecule is C=C(C)C1CC=C(C)C(OC(=O)CCC)C1. The van der Waals surface area contributed by atoms with Crippen LogP contribution in [0.2, 0.25) is 0 Å². The van der Waals surface area contributed by atoms with Gasteiger partial charge in [0.25, 0.3) is 0 Å². The van der Waals surface area contributed by atoms with Crippen LogP contribution in [-0.2, 0) is 9.53 Å². The van der Waals surface area contributed by atoms with Crippen LogP contribution in [0.15, 0.2) is 23.8 Å². The van der Waals surface area contributed by atoms with Crippen molar-refractivity contribution in [2.45, 2.75) is 52.6 Å². The molecule has 0 spiro atoms. The first-order valence-corrected chi connectivity index (χ1v) is 6.06. The Morgan fingerprint density at radius 3 is 2.88 bits per heavy atom. The van der Waals surface area contributed by atoms with E-state index in [1.165, 1.54) is 11.1 Å². The Morgan fingerprint density at radius 1 is 1.62 bits per heavy atom. The van der Waals surface area contributed by atoms with Crippen molar-refractivity contribution in [1.82, 2.24) is 0 Å². The second-order valence-corrected chi connectivity index (χ2v) is 4.69. The molecule has 0 fully saturated rings. The lowest BCUT2D eigenvalue weighted by Gasteiger charge is -2.28. The molecule has 2 atom stereocenters. The van der Waals surface area contributed by atoms with Crippen LogP contribution in [0.25, 0.3) is 0 Å². The van der Waals surface area contributed by atoms with Crippen LogP contribution in [0.3, 0.4) is 0 Å². The summed E-state index contributed by atoms with van der Waals surface area (Å²) in [6.07, 6.45) is 5.43. The molecule has 0 N–H and O–H groups in total. The Labute approximate surface area is 98.4 Å². The maximum Gasteiger partial charge on any atom is 0.306 e. The minimum atomic E-state index is -0.0809. The van der Waals surface area contributed by atoms with Crippen molar-refractivity contribution in [2.75, 3.05) is 0 Å². The molecular formula is C14H22O2. The van der Waals surface area contributed by atoms with Gasteiger partial charge in [-0.1, -0.05) is 25.2 Å². The summed E-state index contributed by atoms with van der Waals surface area (Å²) in [6, 6.07) is 0. The van der Waals surface area contributed by atoms with E-state index in [1.54, 1.807) is 0 Å². The van der Waals surface area contributed by atoms with Crippen molar-refractivity contribution < 1.29 is 9.53 Å². The summed E-state index contributed by atoms with van der Waals surface area (Å²) in [4.78, 5) is 11.5. The lowest BCUT2D eigenvalue weighted by molar-refractivity contribution is -0.148. The molecule has 1 aliphatic rings. The number of esters is 1. The molecule has 16 heavy (non-hydrogen) atoms. The molecule has 0 heterocycles. The Morgan fingerprint density at radius 2 is 2.31 bits per heavy atom. The first-order chi connectivity index (χ1) is 7.54. The summed E-state index contributed by atoms with van der Waals surface area (Å²) in [5.41, 5.74) is 2.36. The molecule has 0 amide bonds. The van der Waals surface area contributed by atoms with Gasteiger partial charge >= 0.3 is 5.97 Å². The molecule has 2 nitrogen and oxygen atoms in total. The van der Waals surface area contributed by atoms with Gasteiger partial charge < -0.3 is 4.74 Å². The summed E-state index contributed by atoms with van der Waals surface area (Å²) in [5, 5.41) is 0. The molecule has 90 valence electrons. The molecule has 1 rings (SSSR count). The average molecular weight is 222 g/mol. The van der Waals surface area contributed by atoms with Gasteiger partial charge in [0, 0.05) is 6.42 Å². The zero-order chi connectivity index (χ0) is 12.1. The summed E-state index contributed by atoms with van der Waals surface area (Å²) >= 11 is 0. The van der Waals surface area contributed by atoms with Gasteiger partial charge in [0.15, 0.2) is 0 Å². The van der Waals surface area contributed by atoms with E-state index < -0.39 is 0 Å². The van der Waals surface area contributed by atoms with E-state index in [0.717, 1.165) is 19.3 Å². The number of hydrogen-bond donors (Lipinski definition) is 0. The highest BCUT2D eigenvalue weighted by molar-refractivity contribution is 5.69. The molecule has 0 aromatic rings. The Balaban J connectivity index is 2.58. The number of allylic oxidation sites excluding steroid dienone is 2. The molecule has 0 bridgehead atoms. The van der Waals surface area contributed by atoms with Crippen LogP contribution in [0.1, 0.15) is 46.5 Å². The highest BCUT2D eigenvalue weighted by atomic mass is 16.5. The van der Waals surface area contributed by atoms with E-state index in [4.69, 9.17) is 4.74 Å². The largest absolute Gasteiger partial charge is 0.458 e. The topological polar surface area (TPSA) is 26.3 Å². The number of carbonyl (C=O) groups is 1. The van der Waals surface area contributed by atoms with E-state index in [9.17, 15) is 4.79 Å². The minimum Gasteiger partial charge on any atom is -0.458 e. The van der Waals surface area contributed by atoms with Crippen LogP contribution in [-0.4, -0.2) is 12.1 Å². The third-order valence-electron chi connectivity index (χ3n) is 3.16. The van der Waals surface area contributed by atoms with Crippen LogP contribution >= 0.6 is 0 Å². The second-order valence-electron chi connectivity index (χ2n) is 4.69. The predicted molar refractivity (Wildman–Crippen MR) is 66.1 cm³/mol. The zero-order valence-corrected chi connectivity index (χ0v) is 10.6. The fraction of sp³-hybridized carbons (Fsp3) is 0.643. The summed E-state index contributed by atoms with van der Waals surface area (Å²) in [7, 11) is 0. The van der Waals surface area contributed by atoms with E-state index in [1.807, 2.05) is 20.8 Å². The summed E-state index contributed by atoms with van der Waals surface area (Å²) < 4.78 is 5.48. The van der Waals surface area contributed by atoms with E-state index >= 15 is 0 Å². The number of rotatable bonds is 4. The molecule has 2 unspecified atom stereocenters. The standard InChI is InChI=1S/C14H22O2/c1-5-6-14(15)16-13-9-12(10(2)3)8-7-11(13)4/h7,12-13H,2,5-6,8-9H2,1,3-4H3. The number of carbonyl (C=O) groups excluding carboxylic acids is 1. The number of hydrogen-bond acceptors (Lipinski definition) is 2. The normalized spacial score (nSPS) is 24.8. The number of ether oxygens (including phenoxy) is 1. The molecule has 0 radical (unpaired) electrons. The highest BCUT2D eigenvalue weighted by Crippen LogP contribution is 2.30. The minimum absolute atomic E-state index is 0.0329. The zero-order valence-electron chi connectivity index (χ0n) is 10.6. The molecular weight excluding hydrogens is 200 g/mol. The van der Waals surface area contributed by atoms with Gasteiger partial charge in [0.2, 0.25) is 0 Å². The monoisotopic (exact) mass is 222 g/mol. The molecule has 2 heteroatoms. The van der Waals surface area contributed by atoms with Crippen molar-refractivity contribution in [3.8, 4) is 0 Å². The summed E-state index contributed by atoms with van der Waals surface area (Å²) in [6.45, 7) is 10.1. The van der Waals surface area contributed by atoms with Gasteiger partial charge in [0.05, 0.1) is 0 Å². The molecule has 0 saturated carbocycles. The third-order valence-corrected chi connectivity index (χ3v) is 3.16. The van der Waals surface area contributed by atoms with E-state index in [-0.39, 0.29) is 12.1 Å². The smallest absolute Gasteiger partial charge is 0.306 e. The lowest BCUT2D eigenvalue weighted by Crippen LogP contribution is -2.26. The Bertz CT molecular complexity index is 302. The van der Waals surface area contributed by atoms with E-state index in [2.05, 4.69) is 12.7 Å². The van der Waals surface area contributed by atoms with Crippen molar-refractivity contribution in [2.24, 2.45) is 5.92 Å². The molecule has 0 aliphatic heterocycles. The van der Waals surface area contributed by atoms with Gasteiger partial charge in [-0.05, 0) is 44.6 Å². The first kappa shape index (κ1) is 13.0. The van der Waals surface area contributed by atoms with Crippen LogP contribution in [0, 0.1) is 5.92 Å². The van der Waals surface area contributed by atoms with Gasteiger partial charge in [0.1, 0.15) is 6.10 Å². The molecule has 0 aromatic carbocycles. The molecule has 0 saturated heterocycles. The van der Waals surface area contributed by atoms with Crippen molar-refractivity contribution in [1.29, 1.82) is 0 Å². The lowest BCUT2D eigenvalue weighted by atomic mass is 9.84. The van der Waals surface area contributed by atoms with Gasteiger partial charge in [-0.3, -0.25) is 4.79 Å². The Kier molecular flexibility index (Phi) is 4.78. The van der Waals surface area contributed by atoms with Gasteiger partial charge in [-0.2, -0.15) is 0 Å². The predicted octanol–water partition coefficient (Wildman–Crippen LogP) is 3.63. The van der Waals surface area contributed by atoms with Crippen molar-refractivity contribution in [3.63, 3.8) is 0 Å². The third kappa shape index (κ3) is 3.51. The second kappa shape index (κ2) is 5.88. The highest BCUT2D eigenvalue weighted by Gasteiger charge is 2.25. The van der Waals surface area contributed by atoms with E-state index in [0.29, 0.717) is 12.3 Å². The first-order valence-electron chi connectivity index (χ1n) is 6.06. The fourth-order valence-corrected chi connectivity index (χ4v) is 1.97. The van der Waals surface area contributed by atoms with Crippen LogP contribution < -0.4 is 0 Å². The summed E-state index contributed by atoms with van der Waals surface area (Å²) in [5.74, 6) is 0.380. The molecule has 0 aromatic heterocycles. The molecule has 1 aliphatic carbocycles. The average Bonchev–Trinajstić information content (AvgIpc) is 2.21. The van der Waals surface area contributed by atoms with Crippen molar-refractivity contribution >= 4 is 5.97 Å². The Hall–Kier alpha value is -1.05. The van der Waals surface area contributed by atoms with Crippen molar-refractivity contribution in [3.05, 3.63) is 23.8 Å². The maximum atomic E-state index is 11.5. The van der Waals surface area contributed by atoms with Gasteiger partial charge in [-0.25, -0.2) is 0 Å². The quantitative estimate of drug-likeness (QED) is 0.536. The van der Waals surface area contributed by atoms with Gasteiger partial charge in [-0.15, -0.1) is 0 Å². The van der Waals surface area contributed by atoms with Crippen LogP contribution in [0.5, 0.6) is 0 Å². The fourth-order valence-electron chi connectivity index (χ4n) is 1.97. The maximum absolute atomic E-state index is 11.5.